The largest absolute Gasteiger partial charge is 0.444 e. The molecular weight excluding hydrogens is 266 g/mol. The number of carbonyl (C=O) groups is 1. The van der Waals surface area contributed by atoms with E-state index in [0.717, 1.165) is 16.7 Å². The summed E-state index contributed by atoms with van der Waals surface area (Å²) in [5, 5.41) is 10.7. The summed E-state index contributed by atoms with van der Waals surface area (Å²) in [6.07, 6.45) is -0.367. The van der Waals surface area contributed by atoms with E-state index in [2.05, 4.69) is 13.0 Å². The van der Waals surface area contributed by atoms with Gasteiger partial charge in [-0.1, -0.05) is 12.1 Å². The number of β-amino-alcohol motifs (C(OH)–C–C–N with tert-alkyl or cyclic N) is 1. The molecule has 1 aromatic rings. The Bertz CT molecular complexity index is 566. The number of hydrogen-bond donors (Lipinski definition) is 1. The van der Waals surface area contributed by atoms with Crippen LogP contribution >= 0.6 is 0 Å². The molecule has 4 heteroatoms. The van der Waals surface area contributed by atoms with Crippen molar-refractivity contribution in [1.29, 1.82) is 0 Å². The zero-order valence-electron chi connectivity index (χ0n) is 13.8. The van der Waals surface area contributed by atoms with Crippen molar-refractivity contribution in [2.24, 2.45) is 0 Å². The first-order chi connectivity index (χ1) is 9.52. The van der Waals surface area contributed by atoms with E-state index in [1.807, 2.05) is 40.7 Å². The summed E-state index contributed by atoms with van der Waals surface area (Å²) in [7, 11) is 0. The maximum absolute atomic E-state index is 12.0. The van der Waals surface area contributed by atoms with Crippen LogP contribution in [0.25, 0.3) is 0 Å². The van der Waals surface area contributed by atoms with Crippen molar-refractivity contribution in [3.8, 4) is 0 Å². The first-order valence-electron chi connectivity index (χ1n) is 7.30. The highest BCUT2D eigenvalue weighted by atomic mass is 16.6. The fourth-order valence-electron chi connectivity index (χ4n) is 2.67. The Hall–Kier alpha value is -1.55. The van der Waals surface area contributed by atoms with Crippen LogP contribution in [-0.4, -0.2) is 34.8 Å². The molecule has 0 atom stereocenters. The van der Waals surface area contributed by atoms with Gasteiger partial charge in [0.15, 0.2) is 0 Å². The quantitative estimate of drug-likeness (QED) is 0.865. The van der Waals surface area contributed by atoms with Gasteiger partial charge < -0.3 is 14.7 Å². The first kappa shape index (κ1) is 15.8. The Morgan fingerprint density at radius 3 is 2.19 bits per heavy atom. The summed E-state index contributed by atoms with van der Waals surface area (Å²) in [6, 6.07) is 4.11. The van der Waals surface area contributed by atoms with Crippen molar-refractivity contribution < 1.29 is 14.6 Å². The van der Waals surface area contributed by atoms with Crippen LogP contribution in [-0.2, 0) is 10.3 Å². The molecule has 1 heterocycles. The molecular formula is C17H25NO3. The molecule has 21 heavy (non-hydrogen) atoms. The molecule has 1 amide bonds. The van der Waals surface area contributed by atoms with Crippen molar-refractivity contribution in [2.75, 3.05) is 13.1 Å². The van der Waals surface area contributed by atoms with Gasteiger partial charge in [-0.3, -0.25) is 0 Å². The predicted octanol–water partition coefficient (Wildman–Crippen LogP) is 3.05. The number of rotatable bonds is 1. The zero-order chi connectivity index (χ0) is 16.0. The van der Waals surface area contributed by atoms with Crippen LogP contribution < -0.4 is 0 Å². The van der Waals surface area contributed by atoms with Gasteiger partial charge in [-0.05, 0) is 63.8 Å². The molecule has 2 rings (SSSR count). The van der Waals surface area contributed by atoms with Crippen LogP contribution in [0.5, 0.6) is 0 Å². The molecule has 0 bridgehead atoms. The van der Waals surface area contributed by atoms with Crippen molar-refractivity contribution in [2.45, 2.75) is 52.7 Å². The maximum Gasteiger partial charge on any atom is 0.410 e. The topological polar surface area (TPSA) is 49.8 Å². The minimum atomic E-state index is -0.959. The van der Waals surface area contributed by atoms with Crippen LogP contribution in [0.1, 0.15) is 43.0 Å². The zero-order valence-corrected chi connectivity index (χ0v) is 13.8. The monoisotopic (exact) mass is 291 g/mol. The molecule has 0 radical (unpaired) electrons. The summed E-state index contributed by atoms with van der Waals surface area (Å²) >= 11 is 0. The number of aliphatic hydroxyl groups is 1. The third-order valence-electron chi connectivity index (χ3n) is 3.90. The Balaban J connectivity index is 2.11. The van der Waals surface area contributed by atoms with E-state index in [4.69, 9.17) is 4.74 Å². The van der Waals surface area contributed by atoms with Gasteiger partial charge in [0.1, 0.15) is 11.2 Å². The number of carbonyl (C=O) groups excluding carboxylic acids is 1. The third kappa shape index (κ3) is 3.21. The van der Waals surface area contributed by atoms with Gasteiger partial charge in [-0.2, -0.15) is 0 Å². The van der Waals surface area contributed by atoms with E-state index in [1.54, 1.807) is 4.90 Å². The normalized spacial score (nSPS) is 17.4. The molecule has 1 aromatic carbocycles. The molecule has 0 spiro atoms. The maximum atomic E-state index is 12.0. The molecule has 0 aromatic heterocycles. The van der Waals surface area contributed by atoms with Crippen molar-refractivity contribution in [1.82, 2.24) is 4.90 Å². The van der Waals surface area contributed by atoms with E-state index in [9.17, 15) is 9.90 Å². The highest BCUT2D eigenvalue weighted by molar-refractivity contribution is 5.70. The average Bonchev–Trinajstić information content (AvgIpc) is 2.27. The number of likely N-dealkylation sites (tertiary alicyclic amines) is 1. The average molecular weight is 291 g/mol. The summed E-state index contributed by atoms with van der Waals surface area (Å²) < 4.78 is 5.32. The van der Waals surface area contributed by atoms with E-state index in [-0.39, 0.29) is 19.2 Å². The SMILES string of the molecule is Cc1cc(C)c(C2(O)CN(C(=O)OC(C)(C)C)C2)cc1C. The first-order valence-corrected chi connectivity index (χ1v) is 7.30. The van der Waals surface area contributed by atoms with Crippen LogP contribution in [0.2, 0.25) is 0 Å². The highest BCUT2D eigenvalue weighted by Gasteiger charge is 2.47. The molecule has 0 saturated carbocycles. The fraction of sp³-hybridized carbons (Fsp3) is 0.588. The summed E-state index contributed by atoms with van der Waals surface area (Å²) in [4.78, 5) is 13.5. The Labute approximate surface area is 126 Å². The molecule has 1 saturated heterocycles. The smallest absolute Gasteiger partial charge is 0.410 e. The van der Waals surface area contributed by atoms with Gasteiger partial charge >= 0.3 is 6.09 Å². The van der Waals surface area contributed by atoms with Crippen molar-refractivity contribution >= 4 is 6.09 Å². The van der Waals surface area contributed by atoms with Crippen LogP contribution in [0.15, 0.2) is 12.1 Å². The fourth-order valence-corrected chi connectivity index (χ4v) is 2.67. The number of benzene rings is 1. The van der Waals surface area contributed by atoms with Crippen molar-refractivity contribution in [3.05, 3.63) is 34.4 Å². The van der Waals surface area contributed by atoms with E-state index in [0.29, 0.717) is 0 Å². The molecule has 1 N–H and O–H groups in total. The molecule has 1 fully saturated rings. The lowest BCUT2D eigenvalue weighted by Crippen LogP contribution is -2.62. The number of nitrogens with zero attached hydrogens (tertiary/aromatic N) is 1. The van der Waals surface area contributed by atoms with Gasteiger partial charge in [-0.25, -0.2) is 4.79 Å². The number of hydrogen-bond acceptors (Lipinski definition) is 3. The second-order valence-corrected chi connectivity index (χ2v) is 7.12. The molecule has 0 unspecified atom stereocenters. The third-order valence-corrected chi connectivity index (χ3v) is 3.90. The van der Waals surface area contributed by atoms with Gasteiger partial charge in [0.2, 0.25) is 0 Å². The van der Waals surface area contributed by atoms with E-state index < -0.39 is 11.2 Å². The summed E-state index contributed by atoms with van der Waals surface area (Å²) in [5.41, 5.74) is 2.86. The lowest BCUT2D eigenvalue weighted by molar-refractivity contribution is -0.104. The van der Waals surface area contributed by atoms with Gasteiger partial charge in [0.25, 0.3) is 0 Å². The molecule has 1 aliphatic heterocycles. The van der Waals surface area contributed by atoms with Gasteiger partial charge in [0.05, 0.1) is 13.1 Å². The number of amides is 1. The Morgan fingerprint density at radius 1 is 1.14 bits per heavy atom. The van der Waals surface area contributed by atoms with E-state index in [1.165, 1.54) is 5.56 Å². The number of ether oxygens (including phenoxy) is 1. The minimum Gasteiger partial charge on any atom is -0.444 e. The summed E-state index contributed by atoms with van der Waals surface area (Å²) in [5.74, 6) is 0. The number of aryl methyl sites for hydroxylation is 3. The molecule has 4 nitrogen and oxygen atoms in total. The lowest BCUT2D eigenvalue weighted by atomic mass is 9.82. The molecule has 0 aliphatic carbocycles. The molecule has 1 aliphatic rings. The van der Waals surface area contributed by atoms with Crippen LogP contribution in [0.3, 0.4) is 0 Å². The molecule has 116 valence electrons. The van der Waals surface area contributed by atoms with E-state index >= 15 is 0 Å². The van der Waals surface area contributed by atoms with Crippen LogP contribution in [0.4, 0.5) is 4.79 Å². The second kappa shape index (κ2) is 5.02. The second-order valence-electron chi connectivity index (χ2n) is 7.12. The minimum absolute atomic E-state index is 0.283. The predicted molar refractivity (Wildman–Crippen MR) is 82.4 cm³/mol. The standard InChI is InChI=1S/C17H25NO3/c1-11-7-13(3)14(8-12(11)2)17(20)9-18(10-17)15(19)21-16(4,5)6/h7-8,20H,9-10H2,1-6H3. The Kier molecular flexibility index (Phi) is 3.79. The summed E-state index contributed by atoms with van der Waals surface area (Å²) in [6.45, 7) is 12.2. The van der Waals surface area contributed by atoms with Gasteiger partial charge in [0, 0.05) is 0 Å². The lowest BCUT2D eigenvalue weighted by Gasteiger charge is -2.47. The Morgan fingerprint density at radius 2 is 1.67 bits per heavy atom. The highest BCUT2D eigenvalue weighted by Crippen LogP contribution is 2.35. The van der Waals surface area contributed by atoms with Gasteiger partial charge in [-0.15, -0.1) is 0 Å². The van der Waals surface area contributed by atoms with Crippen molar-refractivity contribution in [3.63, 3.8) is 0 Å². The van der Waals surface area contributed by atoms with Crippen LogP contribution in [0, 0.1) is 20.8 Å².